The summed E-state index contributed by atoms with van der Waals surface area (Å²) < 4.78 is 50.9. The molecule has 0 aliphatic carbocycles. The lowest BCUT2D eigenvalue weighted by molar-refractivity contribution is 0.0857. The minimum Gasteiger partial charge on any atom is -0.415 e. The number of nitrogens with one attached hydrogen (secondary N) is 1. The number of hydrogen-bond donors (Lipinski definition) is 1. The highest BCUT2D eigenvalue weighted by molar-refractivity contribution is 7.89. The van der Waals surface area contributed by atoms with Crippen molar-refractivity contribution in [2.24, 2.45) is 0 Å². The average Bonchev–Trinajstić information content (AvgIpc) is 3.71. The van der Waals surface area contributed by atoms with Gasteiger partial charge in [0.05, 0.1) is 29.8 Å². The highest BCUT2D eigenvalue weighted by atomic mass is 32.2. The first-order valence-corrected chi connectivity index (χ1v) is 25.6. The van der Waals surface area contributed by atoms with Crippen molar-refractivity contribution in [3.8, 4) is 0 Å². The Balaban J connectivity index is 2.18. The van der Waals surface area contributed by atoms with Crippen LogP contribution in [0.25, 0.3) is 0 Å². The van der Waals surface area contributed by atoms with E-state index in [9.17, 15) is 8.42 Å². The van der Waals surface area contributed by atoms with Crippen molar-refractivity contribution in [1.82, 2.24) is 4.72 Å². The standard InChI is InChI=1S/C37H71NO5SSi2/c1-13-14-15-16-17-18-19-20-21-22-23-24-33-35(42-33)34(43-46(11,12)37(6,7)8)32(29-41-45(9,10)36(3,4)5)38-44(39,40)31-27-25-30(2)26-28-31/h25-28,32-35,38H,13-24,29H2,1-12H3/t32-,33+,34+,35-/m0/s1. The average molecular weight is 698 g/mol. The van der Waals surface area contributed by atoms with E-state index in [1.165, 1.54) is 64.2 Å². The number of rotatable bonds is 22. The number of epoxide rings is 1. The van der Waals surface area contributed by atoms with Crippen LogP contribution in [0.5, 0.6) is 0 Å². The van der Waals surface area contributed by atoms with Gasteiger partial charge in [0.2, 0.25) is 10.0 Å². The van der Waals surface area contributed by atoms with Crippen molar-refractivity contribution >= 4 is 26.7 Å². The second-order valence-corrected chi connectivity index (χ2v) is 28.2. The zero-order valence-electron chi connectivity index (χ0n) is 31.8. The van der Waals surface area contributed by atoms with E-state index in [-0.39, 0.29) is 33.8 Å². The van der Waals surface area contributed by atoms with E-state index >= 15 is 0 Å². The van der Waals surface area contributed by atoms with Crippen LogP contribution < -0.4 is 4.72 Å². The Morgan fingerprint density at radius 1 is 0.783 bits per heavy atom. The maximum absolute atomic E-state index is 13.8. The van der Waals surface area contributed by atoms with Crippen LogP contribution in [-0.2, 0) is 23.6 Å². The quantitative estimate of drug-likeness (QED) is 0.0741. The van der Waals surface area contributed by atoms with E-state index in [4.69, 9.17) is 13.6 Å². The lowest BCUT2D eigenvalue weighted by atomic mass is 10.0. The maximum Gasteiger partial charge on any atom is 0.240 e. The van der Waals surface area contributed by atoms with Gasteiger partial charge in [-0.2, -0.15) is 0 Å². The number of ether oxygens (including phenoxy) is 1. The molecule has 4 atom stereocenters. The first-order chi connectivity index (χ1) is 21.2. The van der Waals surface area contributed by atoms with E-state index in [0.717, 1.165) is 18.4 Å². The number of benzene rings is 1. The zero-order valence-corrected chi connectivity index (χ0v) is 34.6. The fourth-order valence-corrected chi connectivity index (χ4v) is 8.87. The molecule has 1 fully saturated rings. The molecule has 1 aromatic carbocycles. The highest BCUT2D eigenvalue weighted by Gasteiger charge is 2.53. The molecule has 0 saturated carbocycles. The molecule has 6 nitrogen and oxygen atoms in total. The Morgan fingerprint density at radius 2 is 1.26 bits per heavy atom. The number of sulfonamides is 1. The number of aryl methyl sites for hydroxylation is 1. The zero-order chi connectivity index (χ0) is 34.8. The van der Waals surface area contributed by atoms with Gasteiger partial charge in [0.15, 0.2) is 16.6 Å². The van der Waals surface area contributed by atoms with Crippen LogP contribution in [0.15, 0.2) is 29.2 Å². The van der Waals surface area contributed by atoms with Gasteiger partial charge in [0.25, 0.3) is 0 Å². The summed E-state index contributed by atoms with van der Waals surface area (Å²) in [6, 6.07) is 6.47. The SMILES string of the molecule is CCCCCCCCCCCCC[C@H]1O[C@@H]1[C@H](O[Si](C)(C)C(C)(C)C)[C@H](CO[Si](C)(C)C(C)(C)C)NS(=O)(=O)c1ccc(C)cc1. The van der Waals surface area contributed by atoms with Crippen LogP contribution >= 0.6 is 0 Å². The van der Waals surface area contributed by atoms with Crippen LogP contribution in [0.2, 0.25) is 36.3 Å². The maximum atomic E-state index is 13.8. The molecule has 1 aliphatic heterocycles. The van der Waals surface area contributed by atoms with Crippen molar-refractivity contribution in [2.45, 2.75) is 198 Å². The van der Waals surface area contributed by atoms with Gasteiger partial charge in [-0.25, -0.2) is 13.1 Å². The smallest absolute Gasteiger partial charge is 0.240 e. The number of unbranched alkanes of at least 4 members (excludes halogenated alkanes) is 10. The molecule has 1 saturated heterocycles. The Bertz CT molecular complexity index is 1130. The van der Waals surface area contributed by atoms with Gasteiger partial charge in [0.1, 0.15) is 6.10 Å². The predicted molar refractivity (Wildman–Crippen MR) is 200 cm³/mol. The van der Waals surface area contributed by atoms with Crippen LogP contribution in [0.1, 0.15) is 131 Å². The minimum absolute atomic E-state index is 0.00314. The molecular weight excluding hydrogens is 627 g/mol. The molecule has 0 unspecified atom stereocenters. The lowest BCUT2D eigenvalue weighted by Crippen LogP contribution is -2.57. The summed E-state index contributed by atoms with van der Waals surface area (Å²) in [7, 11) is -8.27. The monoisotopic (exact) mass is 697 g/mol. The molecule has 1 aliphatic rings. The van der Waals surface area contributed by atoms with E-state index in [0.29, 0.717) is 0 Å². The Kier molecular flexibility index (Phi) is 16.2. The molecule has 0 bridgehead atoms. The molecule has 2 rings (SSSR count). The van der Waals surface area contributed by atoms with E-state index in [2.05, 4.69) is 79.4 Å². The largest absolute Gasteiger partial charge is 0.415 e. The van der Waals surface area contributed by atoms with Crippen LogP contribution in [0.3, 0.4) is 0 Å². The predicted octanol–water partition coefficient (Wildman–Crippen LogP) is 10.5. The summed E-state index contributed by atoms with van der Waals surface area (Å²) in [4.78, 5) is 0.260. The summed E-state index contributed by atoms with van der Waals surface area (Å²) in [6.45, 7) is 26.7. The van der Waals surface area contributed by atoms with Gasteiger partial charge in [-0.1, -0.05) is 137 Å². The third-order valence-corrected chi connectivity index (χ3v) is 21.2. The van der Waals surface area contributed by atoms with Gasteiger partial charge in [-0.05, 0) is 61.7 Å². The molecule has 9 heteroatoms. The molecule has 1 aromatic rings. The third-order valence-electron chi connectivity index (χ3n) is 10.7. The van der Waals surface area contributed by atoms with E-state index < -0.39 is 38.8 Å². The molecular formula is C37H71NO5SSi2. The molecule has 0 aromatic heterocycles. The Morgan fingerprint density at radius 3 is 1.74 bits per heavy atom. The van der Waals surface area contributed by atoms with Gasteiger partial charge >= 0.3 is 0 Å². The fraction of sp³-hybridized carbons (Fsp3) is 0.838. The number of hydrogen-bond acceptors (Lipinski definition) is 5. The summed E-state index contributed by atoms with van der Waals surface area (Å²) in [5.74, 6) is 0. The Labute approximate surface area is 286 Å². The van der Waals surface area contributed by atoms with Crippen LogP contribution in [0, 0.1) is 6.92 Å². The second-order valence-electron chi connectivity index (χ2n) is 16.9. The summed E-state index contributed by atoms with van der Waals surface area (Å²) in [6.07, 6.45) is 15.0. The van der Waals surface area contributed by atoms with E-state index in [1.54, 1.807) is 12.1 Å². The van der Waals surface area contributed by atoms with Crippen molar-refractivity contribution < 1.29 is 22.0 Å². The van der Waals surface area contributed by atoms with Crippen LogP contribution in [-0.4, -0.2) is 56.0 Å². The molecule has 0 radical (unpaired) electrons. The first kappa shape index (κ1) is 41.6. The molecule has 268 valence electrons. The highest BCUT2D eigenvalue weighted by Crippen LogP contribution is 2.42. The molecule has 1 N–H and O–H groups in total. The van der Waals surface area contributed by atoms with Gasteiger partial charge in [-0.3, -0.25) is 0 Å². The normalized spacial score (nSPS) is 19.3. The molecule has 46 heavy (non-hydrogen) atoms. The molecule has 1 heterocycles. The topological polar surface area (TPSA) is 77.2 Å². The third kappa shape index (κ3) is 13.4. The van der Waals surface area contributed by atoms with Gasteiger partial charge in [0, 0.05) is 0 Å². The first-order valence-electron chi connectivity index (χ1n) is 18.3. The summed E-state index contributed by atoms with van der Waals surface area (Å²) in [5, 5.41) is -0.0385. The fourth-order valence-electron chi connectivity index (χ4n) is 5.28. The Hall–Kier alpha value is -0.556. The van der Waals surface area contributed by atoms with Crippen LogP contribution in [0.4, 0.5) is 0 Å². The van der Waals surface area contributed by atoms with Crippen molar-refractivity contribution in [2.75, 3.05) is 6.61 Å². The lowest BCUT2D eigenvalue weighted by Gasteiger charge is -2.42. The van der Waals surface area contributed by atoms with E-state index in [1.807, 2.05) is 19.1 Å². The second kappa shape index (κ2) is 17.9. The minimum atomic E-state index is -3.81. The molecule has 0 spiro atoms. The van der Waals surface area contributed by atoms with Crippen molar-refractivity contribution in [3.63, 3.8) is 0 Å². The van der Waals surface area contributed by atoms with Gasteiger partial charge < -0.3 is 13.6 Å². The van der Waals surface area contributed by atoms with Crippen molar-refractivity contribution in [3.05, 3.63) is 29.8 Å². The molecule has 0 amide bonds. The summed E-state index contributed by atoms with van der Waals surface area (Å²) in [5.41, 5.74) is 1.02. The van der Waals surface area contributed by atoms with Crippen molar-refractivity contribution in [1.29, 1.82) is 0 Å². The summed E-state index contributed by atoms with van der Waals surface area (Å²) >= 11 is 0. The van der Waals surface area contributed by atoms with Gasteiger partial charge in [-0.15, -0.1) is 0 Å².